The molecule has 7 nitrogen and oxygen atoms in total. The highest BCUT2D eigenvalue weighted by atomic mass is 32.2. The van der Waals surface area contributed by atoms with Gasteiger partial charge in [0, 0.05) is 43.3 Å². The number of hydrogen-bond acceptors (Lipinski definition) is 4. The Morgan fingerprint density at radius 3 is 2.15 bits per heavy atom. The number of carbonyl (C=O) groups excluding carboxylic acids is 2. The van der Waals surface area contributed by atoms with Crippen molar-refractivity contribution >= 4 is 27.5 Å². The molecule has 2 aromatic carbocycles. The average molecular weight is 484 g/mol. The molecule has 8 heteroatoms. The summed E-state index contributed by atoms with van der Waals surface area (Å²) in [6.45, 7) is 6.43. The quantitative estimate of drug-likeness (QED) is 0.697. The third-order valence-corrected chi connectivity index (χ3v) is 8.23. The molecule has 2 aromatic rings. The highest BCUT2D eigenvalue weighted by Crippen LogP contribution is 2.25. The molecule has 4 rings (SSSR count). The van der Waals surface area contributed by atoms with Crippen LogP contribution in [-0.4, -0.2) is 56.2 Å². The van der Waals surface area contributed by atoms with E-state index >= 15 is 0 Å². The lowest BCUT2D eigenvalue weighted by atomic mass is 9.93. The van der Waals surface area contributed by atoms with E-state index in [0.29, 0.717) is 37.2 Å². The number of nitrogens with one attached hydrogen (secondary N) is 1. The Bertz CT molecular complexity index is 1150. The van der Waals surface area contributed by atoms with Crippen LogP contribution in [0.4, 0.5) is 5.69 Å². The van der Waals surface area contributed by atoms with Gasteiger partial charge >= 0.3 is 0 Å². The van der Waals surface area contributed by atoms with E-state index in [-0.39, 0.29) is 22.6 Å². The lowest BCUT2D eigenvalue weighted by Gasteiger charge is -2.35. The van der Waals surface area contributed by atoms with Gasteiger partial charge in [0.15, 0.2) is 0 Å². The van der Waals surface area contributed by atoms with E-state index in [2.05, 4.69) is 4.72 Å². The van der Waals surface area contributed by atoms with Gasteiger partial charge in [-0.05, 0) is 75.8 Å². The van der Waals surface area contributed by atoms with Crippen LogP contribution in [-0.2, 0) is 14.8 Å². The van der Waals surface area contributed by atoms with Crippen LogP contribution in [0.5, 0.6) is 0 Å². The highest BCUT2D eigenvalue weighted by Gasteiger charge is 2.31. The molecule has 182 valence electrons. The van der Waals surface area contributed by atoms with Gasteiger partial charge in [-0.2, -0.15) is 0 Å². The van der Waals surface area contributed by atoms with Gasteiger partial charge in [0.2, 0.25) is 5.91 Å². The molecule has 0 atom stereocenters. The zero-order valence-corrected chi connectivity index (χ0v) is 20.7. The van der Waals surface area contributed by atoms with Crippen molar-refractivity contribution in [3.8, 4) is 0 Å². The third-order valence-electron chi connectivity index (χ3n) is 6.85. The molecule has 0 aliphatic carbocycles. The second-order valence-corrected chi connectivity index (χ2v) is 11.1. The molecule has 0 saturated carbocycles. The summed E-state index contributed by atoms with van der Waals surface area (Å²) in [5.41, 5.74) is 2.62. The molecule has 2 aliphatic heterocycles. The van der Waals surface area contributed by atoms with E-state index in [0.717, 1.165) is 37.1 Å². The third kappa shape index (κ3) is 5.43. The SMILES string of the molecule is Cc1ccc(NS(=O)(=O)c2ccc(C)c(C(=O)N3CCC(C(=O)N4CCCCC4)CC3)c2)cc1. The summed E-state index contributed by atoms with van der Waals surface area (Å²) in [4.78, 5) is 29.9. The molecule has 34 heavy (non-hydrogen) atoms. The number of sulfonamides is 1. The number of hydrogen-bond donors (Lipinski definition) is 1. The van der Waals surface area contributed by atoms with Crippen LogP contribution < -0.4 is 4.72 Å². The first-order valence-electron chi connectivity index (χ1n) is 12.0. The molecule has 0 spiro atoms. The van der Waals surface area contributed by atoms with E-state index in [1.165, 1.54) is 18.6 Å². The van der Waals surface area contributed by atoms with E-state index in [1.54, 1.807) is 23.1 Å². The van der Waals surface area contributed by atoms with Crippen LogP contribution in [0.25, 0.3) is 0 Å². The minimum atomic E-state index is -3.83. The Kier molecular flexibility index (Phi) is 7.26. The fraction of sp³-hybridized carbons (Fsp3) is 0.462. The van der Waals surface area contributed by atoms with Crippen molar-refractivity contribution < 1.29 is 18.0 Å². The van der Waals surface area contributed by atoms with Crippen LogP contribution >= 0.6 is 0 Å². The zero-order chi connectivity index (χ0) is 24.3. The van der Waals surface area contributed by atoms with Crippen LogP contribution in [0.15, 0.2) is 47.4 Å². The normalized spacial score (nSPS) is 17.5. The first-order chi connectivity index (χ1) is 16.2. The van der Waals surface area contributed by atoms with Crippen LogP contribution in [0.1, 0.15) is 53.6 Å². The maximum absolute atomic E-state index is 13.3. The van der Waals surface area contributed by atoms with Crippen molar-refractivity contribution in [2.45, 2.75) is 50.8 Å². The molecular formula is C26H33N3O4S. The van der Waals surface area contributed by atoms with Crippen molar-refractivity contribution in [1.29, 1.82) is 0 Å². The number of likely N-dealkylation sites (tertiary alicyclic amines) is 2. The lowest BCUT2D eigenvalue weighted by molar-refractivity contribution is -0.137. The Morgan fingerprint density at radius 2 is 1.50 bits per heavy atom. The summed E-state index contributed by atoms with van der Waals surface area (Å²) >= 11 is 0. The molecule has 2 fully saturated rings. The molecule has 2 amide bonds. The first kappa shape index (κ1) is 24.3. The molecule has 2 heterocycles. The standard InChI is InChI=1S/C26H33N3O4S/c1-19-6-9-22(10-7-19)27-34(32,33)23-11-8-20(2)24(18-23)26(31)29-16-12-21(13-17-29)25(30)28-14-4-3-5-15-28/h6-11,18,21,27H,3-5,12-17H2,1-2H3. The highest BCUT2D eigenvalue weighted by molar-refractivity contribution is 7.92. The summed E-state index contributed by atoms with van der Waals surface area (Å²) in [5.74, 6) is 0.000626. The molecule has 0 unspecified atom stereocenters. The van der Waals surface area contributed by atoms with Gasteiger partial charge in [-0.15, -0.1) is 0 Å². The molecule has 0 radical (unpaired) electrons. The number of nitrogens with zero attached hydrogens (tertiary/aromatic N) is 2. The molecule has 1 N–H and O–H groups in total. The molecule has 0 bridgehead atoms. The second-order valence-electron chi connectivity index (χ2n) is 9.40. The van der Waals surface area contributed by atoms with Crippen LogP contribution in [0.3, 0.4) is 0 Å². The predicted molar refractivity (Wildman–Crippen MR) is 132 cm³/mol. The van der Waals surface area contributed by atoms with Gasteiger partial charge in [0.1, 0.15) is 0 Å². The van der Waals surface area contributed by atoms with Crippen molar-refractivity contribution in [2.24, 2.45) is 5.92 Å². The summed E-state index contributed by atoms with van der Waals surface area (Å²) in [7, 11) is -3.83. The van der Waals surface area contributed by atoms with Gasteiger partial charge in [0.05, 0.1) is 4.90 Å². The number of carbonyl (C=O) groups is 2. The van der Waals surface area contributed by atoms with E-state index in [4.69, 9.17) is 0 Å². The minimum Gasteiger partial charge on any atom is -0.342 e. The maximum Gasteiger partial charge on any atom is 0.261 e. The van der Waals surface area contributed by atoms with Crippen LogP contribution in [0.2, 0.25) is 0 Å². The summed E-state index contributed by atoms with van der Waals surface area (Å²) < 4.78 is 28.5. The Balaban J connectivity index is 1.44. The fourth-order valence-electron chi connectivity index (χ4n) is 4.71. The molecule has 2 saturated heterocycles. The topological polar surface area (TPSA) is 86.8 Å². The molecular weight excluding hydrogens is 450 g/mol. The van der Waals surface area contributed by atoms with E-state index < -0.39 is 10.0 Å². The summed E-state index contributed by atoms with van der Waals surface area (Å²) in [6.07, 6.45) is 4.62. The largest absolute Gasteiger partial charge is 0.342 e. The van der Waals surface area contributed by atoms with Crippen molar-refractivity contribution in [2.75, 3.05) is 30.9 Å². The number of anilines is 1. The predicted octanol–water partition coefficient (Wildman–Crippen LogP) is 3.97. The van der Waals surface area contributed by atoms with Crippen LogP contribution in [0, 0.1) is 19.8 Å². The number of benzene rings is 2. The van der Waals surface area contributed by atoms with Gasteiger partial charge in [-0.1, -0.05) is 23.8 Å². The average Bonchev–Trinajstić information content (AvgIpc) is 2.85. The Morgan fingerprint density at radius 1 is 0.853 bits per heavy atom. The Hall–Kier alpha value is -2.87. The van der Waals surface area contributed by atoms with Gasteiger partial charge in [-0.3, -0.25) is 14.3 Å². The number of rotatable bonds is 5. The summed E-state index contributed by atoms with van der Waals surface area (Å²) in [6, 6.07) is 11.7. The maximum atomic E-state index is 13.3. The zero-order valence-electron chi connectivity index (χ0n) is 19.9. The molecule has 2 aliphatic rings. The number of piperidine rings is 2. The first-order valence-corrected chi connectivity index (χ1v) is 13.5. The van der Waals surface area contributed by atoms with E-state index in [9.17, 15) is 18.0 Å². The lowest BCUT2D eigenvalue weighted by Crippen LogP contribution is -2.45. The summed E-state index contributed by atoms with van der Waals surface area (Å²) in [5, 5.41) is 0. The smallest absolute Gasteiger partial charge is 0.261 e. The second kappa shape index (κ2) is 10.2. The van der Waals surface area contributed by atoms with Crippen molar-refractivity contribution in [1.82, 2.24) is 9.80 Å². The van der Waals surface area contributed by atoms with E-state index in [1.807, 2.05) is 30.9 Å². The fourth-order valence-corrected chi connectivity index (χ4v) is 5.79. The minimum absolute atomic E-state index is 0.0336. The number of amides is 2. The van der Waals surface area contributed by atoms with Crippen molar-refractivity contribution in [3.05, 3.63) is 59.2 Å². The molecule has 0 aromatic heterocycles. The van der Waals surface area contributed by atoms with Gasteiger partial charge < -0.3 is 9.80 Å². The number of aryl methyl sites for hydroxylation is 2. The Labute approximate surface area is 202 Å². The monoisotopic (exact) mass is 483 g/mol. The van der Waals surface area contributed by atoms with Crippen molar-refractivity contribution in [3.63, 3.8) is 0 Å². The van der Waals surface area contributed by atoms with Gasteiger partial charge in [0.25, 0.3) is 15.9 Å². The van der Waals surface area contributed by atoms with Gasteiger partial charge in [-0.25, -0.2) is 8.42 Å².